The predicted molar refractivity (Wildman–Crippen MR) is 196 cm³/mol. The smallest absolute Gasteiger partial charge is 0.315 e. The molecule has 2 aliphatic heterocycles. The molecule has 0 bridgehead atoms. The minimum absolute atomic E-state index is 0.0264. The molecule has 2 heterocycles. The third kappa shape index (κ3) is 8.43. The lowest BCUT2D eigenvalue weighted by molar-refractivity contribution is -0.153. The van der Waals surface area contributed by atoms with E-state index in [1.54, 1.807) is 4.90 Å². The fourth-order valence-electron chi connectivity index (χ4n) is 10.1. The first-order valence-electron chi connectivity index (χ1n) is 20.2. The Morgan fingerprint density at radius 1 is 0.849 bits per heavy atom. The second-order valence-electron chi connectivity index (χ2n) is 19.3. The highest BCUT2D eigenvalue weighted by atomic mass is 16.2. The number of likely N-dealkylation sites (tertiary alicyclic amines) is 2. The van der Waals surface area contributed by atoms with E-state index in [9.17, 15) is 33.6 Å². The van der Waals surface area contributed by atoms with E-state index in [1.165, 1.54) is 4.90 Å². The van der Waals surface area contributed by atoms with E-state index in [0.717, 1.165) is 77.0 Å². The van der Waals surface area contributed by atoms with Crippen molar-refractivity contribution >= 4 is 41.4 Å². The zero-order valence-electron chi connectivity index (χ0n) is 32.5. The van der Waals surface area contributed by atoms with Crippen LogP contribution >= 0.6 is 0 Å². The molecule has 0 radical (unpaired) electrons. The van der Waals surface area contributed by atoms with Crippen LogP contribution in [0.25, 0.3) is 0 Å². The third-order valence-corrected chi connectivity index (χ3v) is 13.8. The van der Waals surface area contributed by atoms with Crippen molar-refractivity contribution in [1.29, 1.82) is 0 Å². The number of hydrogen-bond donors (Lipinski definition) is 4. The van der Waals surface area contributed by atoms with Crippen molar-refractivity contribution in [2.75, 3.05) is 13.1 Å². The fourth-order valence-corrected chi connectivity index (χ4v) is 10.1. The van der Waals surface area contributed by atoms with Crippen LogP contribution in [0.2, 0.25) is 0 Å². The zero-order valence-corrected chi connectivity index (χ0v) is 32.5. The van der Waals surface area contributed by atoms with E-state index in [2.05, 4.69) is 16.0 Å². The molecule has 0 aromatic heterocycles. The topological polar surface area (TPSA) is 188 Å². The van der Waals surface area contributed by atoms with Crippen LogP contribution in [0.5, 0.6) is 0 Å². The Balaban J connectivity index is 1.22. The number of imide groups is 1. The first kappa shape index (κ1) is 39.2. The Hall–Kier alpha value is -3.51. The number of carbonyl (C=O) groups is 7. The minimum Gasteiger partial charge on any atom is -0.363 e. The molecule has 13 nitrogen and oxygen atoms in total. The number of primary amides is 1. The quantitative estimate of drug-likeness (QED) is 0.174. The van der Waals surface area contributed by atoms with Gasteiger partial charge in [0.25, 0.3) is 5.91 Å². The van der Waals surface area contributed by atoms with E-state index in [-0.39, 0.29) is 66.2 Å². The summed E-state index contributed by atoms with van der Waals surface area (Å²) in [6.45, 7) is 10.0. The van der Waals surface area contributed by atoms with Crippen LogP contribution in [-0.2, 0) is 28.8 Å². The lowest BCUT2D eigenvalue weighted by atomic mass is 9.80. The second kappa shape index (κ2) is 15.0. The second-order valence-corrected chi connectivity index (χ2v) is 19.3. The van der Waals surface area contributed by atoms with Crippen LogP contribution in [0.15, 0.2) is 0 Å². The van der Waals surface area contributed by atoms with Gasteiger partial charge in [0.1, 0.15) is 12.1 Å². The number of urea groups is 1. The van der Waals surface area contributed by atoms with E-state index in [1.807, 2.05) is 34.6 Å². The molecule has 53 heavy (non-hydrogen) atoms. The average molecular weight is 739 g/mol. The molecule has 5 N–H and O–H groups in total. The molecule has 6 rings (SSSR count). The number of nitrogens with zero attached hydrogens (tertiary/aromatic N) is 2. The van der Waals surface area contributed by atoms with Crippen LogP contribution in [0.1, 0.15) is 131 Å². The van der Waals surface area contributed by atoms with Gasteiger partial charge in [0.15, 0.2) is 0 Å². The summed E-state index contributed by atoms with van der Waals surface area (Å²) in [5.41, 5.74) is 4.60. The van der Waals surface area contributed by atoms with Gasteiger partial charge >= 0.3 is 6.03 Å². The number of ketones is 1. The summed E-state index contributed by atoms with van der Waals surface area (Å²) < 4.78 is 0. The highest BCUT2D eigenvalue weighted by Crippen LogP contribution is 2.66. The maximum Gasteiger partial charge on any atom is 0.315 e. The molecule has 13 heteroatoms. The van der Waals surface area contributed by atoms with Crippen LogP contribution in [0.3, 0.4) is 0 Å². The molecule has 7 amide bonds. The number of piperidine rings is 1. The van der Waals surface area contributed by atoms with Crippen molar-refractivity contribution in [3.8, 4) is 0 Å². The molecule has 4 saturated carbocycles. The van der Waals surface area contributed by atoms with Crippen molar-refractivity contribution in [1.82, 2.24) is 25.8 Å². The van der Waals surface area contributed by atoms with Crippen LogP contribution in [-0.4, -0.2) is 88.4 Å². The molecule has 2 saturated heterocycles. The fraction of sp³-hybridized carbons (Fsp3) is 0.825. The summed E-state index contributed by atoms with van der Waals surface area (Å²) in [6.07, 6.45) is 12.1. The van der Waals surface area contributed by atoms with Gasteiger partial charge in [-0.15, -0.1) is 0 Å². The molecule has 0 aromatic carbocycles. The Labute approximate surface area is 314 Å². The number of fused-ring (bicyclic) bond motifs is 2. The molecule has 4 aliphatic carbocycles. The van der Waals surface area contributed by atoms with Gasteiger partial charge in [-0.1, -0.05) is 73.1 Å². The van der Waals surface area contributed by atoms with Crippen molar-refractivity contribution < 1.29 is 33.6 Å². The van der Waals surface area contributed by atoms with Crippen LogP contribution in [0.4, 0.5) is 4.79 Å². The lowest BCUT2D eigenvalue weighted by Gasteiger charge is -2.40. The van der Waals surface area contributed by atoms with Gasteiger partial charge in [0.2, 0.25) is 29.4 Å². The molecule has 0 aromatic rings. The molecular formula is C40H62N6O7. The summed E-state index contributed by atoms with van der Waals surface area (Å²) in [4.78, 5) is 97.3. The van der Waals surface area contributed by atoms with Gasteiger partial charge in [-0.3, -0.25) is 33.7 Å². The summed E-state index contributed by atoms with van der Waals surface area (Å²) in [5, 5.41) is 8.96. The van der Waals surface area contributed by atoms with Gasteiger partial charge < -0.3 is 26.6 Å². The lowest BCUT2D eigenvalue weighted by Crippen LogP contribution is -2.62. The number of amides is 7. The highest BCUT2D eigenvalue weighted by Gasteiger charge is 2.64. The summed E-state index contributed by atoms with van der Waals surface area (Å²) in [5.74, 6) is -2.98. The maximum atomic E-state index is 14.9. The number of nitrogens with one attached hydrogen (secondary N) is 3. The SMILES string of the molecule is CC1(C)CC(=O)N(C[C@@H](NC(=O)N[C@H](C(=O)N2C[C@H]3[C@H](CCC34CC4)[C@H]2C(=O)NC(CC2CCC2)C(=O)C(N)=O)C2CCCCC2)C(C)(C)C)C(=O)C1. The van der Waals surface area contributed by atoms with Crippen LogP contribution in [0, 0.1) is 39.9 Å². The van der Waals surface area contributed by atoms with Gasteiger partial charge in [0, 0.05) is 25.9 Å². The number of rotatable bonds is 12. The van der Waals surface area contributed by atoms with E-state index in [0.29, 0.717) is 13.0 Å². The first-order chi connectivity index (χ1) is 24.9. The Morgan fingerprint density at radius 2 is 1.49 bits per heavy atom. The van der Waals surface area contributed by atoms with Gasteiger partial charge in [-0.2, -0.15) is 0 Å². The number of hydrogen-bond acceptors (Lipinski definition) is 7. The molecule has 294 valence electrons. The standard InChI is InChI=1S/C40H62N6O7/c1-38(2,3)28(22-45-29(47)19-39(4,5)20-30(45)48)43-37(53)44-31(24-12-7-6-8-13-24)36(52)46-21-26-25(14-15-40(26)16-17-40)32(46)35(51)42-27(33(49)34(41)50)18-23-10-9-11-23/h23-28,31-32H,6-22H2,1-5H3,(H2,41,50)(H,42,51)(H2,43,44,53)/t25-,26-,27?,28+,31-,32-/m0/s1. The molecule has 6 aliphatic rings. The summed E-state index contributed by atoms with van der Waals surface area (Å²) in [6, 6.07) is -3.89. The van der Waals surface area contributed by atoms with Crippen molar-refractivity contribution in [3.05, 3.63) is 0 Å². The molecule has 6 atom stereocenters. The molecule has 1 unspecified atom stereocenters. The first-order valence-corrected chi connectivity index (χ1v) is 20.2. The number of Topliss-reactive ketones (excluding diaryl/α,β-unsaturated/α-hetero) is 1. The van der Waals surface area contributed by atoms with Crippen LogP contribution < -0.4 is 21.7 Å². The summed E-state index contributed by atoms with van der Waals surface area (Å²) in [7, 11) is 0. The Kier molecular flexibility index (Phi) is 11.1. The van der Waals surface area contributed by atoms with Gasteiger partial charge in [-0.05, 0) is 84.9 Å². The van der Waals surface area contributed by atoms with E-state index in [4.69, 9.17) is 5.73 Å². The largest absolute Gasteiger partial charge is 0.363 e. The maximum absolute atomic E-state index is 14.9. The molecular weight excluding hydrogens is 676 g/mol. The predicted octanol–water partition coefficient (Wildman–Crippen LogP) is 3.57. The van der Waals surface area contributed by atoms with E-state index < -0.39 is 58.6 Å². The van der Waals surface area contributed by atoms with Gasteiger partial charge in [-0.25, -0.2) is 4.79 Å². The third-order valence-electron chi connectivity index (χ3n) is 13.8. The Bertz CT molecular complexity index is 1470. The van der Waals surface area contributed by atoms with Crippen molar-refractivity contribution in [2.45, 2.75) is 155 Å². The number of carbonyl (C=O) groups excluding carboxylic acids is 7. The molecule has 6 fully saturated rings. The summed E-state index contributed by atoms with van der Waals surface area (Å²) >= 11 is 0. The monoisotopic (exact) mass is 738 g/mol. The minimum atomic E-state index is -1.08. The highest BCUT2D eigenvalue weighted by molar-refractivity contribution is 6.37. The van der Waals surface area contributed by atoms with E-state index >= 15 is 0 Å². The normalized spacial score (nSPS) is 28.4. The van der Waals surface area contributed by atoms with Gasteiger partial charge in [0.05, 0.1) is 12.1 Å². The van der Waals surface area contributed by atoms with Crippen molar-refractivity contribution in [2.24, 2.45) is 45.7 Å². The Morgan fingerprint density at radius 3 is 2.04 bits per heavy atom. The number of nitrogens with two attached hydrogens (primary N) is 1. The van der Waals surface area contributed by atoms with Crippen molar-refractivity contribution in [3.63, 3.8) is 0 Å². The zero-order chi connectivity index (χ0) is 38.5. The average Bonchev–Trinajstić information content (AvgIpc) is 3.62. The molecule has 1 spiro atoms.